The van der Waals surface area contributed by atoms with Gasteiger partial charge in [0.25, 0.3) is 11.6 Å². The molecule has 7 nitrogen and oxygen atoms in total. The Morgan fingerprint density at radius 3 is 2.39 bits per heavy atom. The molecule has 0 aliphatic rings. The van der Waals surface area contributed by atoms with Gasteiger partial charge in [0.1, 0.15) is 6.61 Å². The van der Waals surface area contributed by atoms with Crippen molar-refractivity contribution >= 4 is 11.6 Å². The topological polar surface area (TPSA) is 90.7 Å². The number of nitro groups is 1. The maximum Gasteiger partial charge on any atom is 0.269 e. The van der Waals surface area contributed by atoms with Crippen LogP contribution in [0.25, 0.3) is 0 Å². The maximum atomic E-state index is 11.9. The molecule has 0 saturated heterocycles. The summed E-state index contributed by atoms with van der Waals surface area (Å²) in [5, 5.41) is 13.2. The van der Waals surface area contributed by atoms with Gasteiger partial charge in [0.2, 0.25) is 0 Å². The molecule has 0 aromatic heterocycles. The summed E-state index contributed by atoms with van der Waals surface area (Å²) in [4.78, 5) is 21.9. The minimum atomic E-state index is -0.511. The Hall–Kier alpha value is -3.09. The number of benzene rings is 2. The minimum absolute atomic E-state index is 0.0546. The molecule has 0 heterocycles. The number of rotatable bonds is 7. The zero-order valence-electron chi connectivity index (χ0n) is 12.5. The molecule has 2 aromatic carbocycles. The second-order valence-electron chi connectivity index (χ2n) is 4.56. The van der Waals surface area contributed by atoms with Crippen LogP contribution in [0.4, 0.5) is 5.69 Å². The maximum absolute atomic E-state index is 11.9. The lowest BCUT2D eigenvalue weighted by atomic mass is 10.2. The fraction of sp³-hybridized carbons (Fsp3) is 0.188. The van der Waals surface area contributed by atoms with Gasteiger partial charge in [-0.2, -0.15) is 0 Å². The highest BCUT2D eigenvalue weighted by Crippen LogP contribution is 2.25. The van der Waals surface area contributed by atoms with Gasteiger partial charge in [0.15, 0.2) is 11.5 Å². The smallest absolute Gasteiger partial charge is 0.269 e. The molecule has 0 bridgehead atoms. The molecule has 0 aliphatic heterocycles. The Kier molecular flexibility index (Phi) is 5.51. The summed E-state index contributed by atoms with van der Waals surface area (Å²) < 4.78 is 10.7. The average molecular weight is 316 g/mol. The number of nitrogens with zero attached hydrogens (tertiary/aromatic N) is 1. The zero-order chi connectivity index (χ0) is 16.7. The van der Waals surface area contributed by atoms with Gasteiger partial charge in [-0.05, 0) is 24.3 Å². The third kappa shape index (κ3) is 4.44. The highest BCUT2D eigenvalue weighted by Gasteiger charge is 2.09. The summed E-state index contributed by atoms with van der Waals surface area (Å²) in [7, 11) is 1.55. The van der Waals surface area contributed by atoms with Crippen molar-refractivity contribution in [1.29, 1.82) is 0 Å². The molecule has 2 rings (SSSR count). The minimum Gasteiger partial charge on any atom is -0.493 e. The molecule has 0 atom stereocenters. The van der Waals surface area contributed by atoms with Crippen LogP contribution >= 0.6 is 0 Å². The number of nitrogens with one attached hydrogen (secondary N) is 1. The number of carbonyl (C=O) groups is 1. The SMILES string of the molecule is COc1ccccc1OCCNC(=O)c1ccc([N+](=O)[O-])cc1. The lowest BCUT2D eigenvalue weighted by Gasteiger charge is -2.10. The third-order valence-electron chi connectivity index (χ3n) is 3.05. The van der Waals surface area contributed by atoms with E-state index in [1.54, 1.807) is 19.2 Å². The molecule has 0 radical (unpaired) electrons. The van der Waals surface area contributed by atoms with E-state index in [0.717, 1.165) is 0 Å². The molecule has 23 heavy (non-hydrogen) atoms. The van der Waals surface area contributed by atoms with E-state index >= 15 is 0 Å². The normalized spacial score (nSPS) is 9.96. The van der Waals surface area contributed by atoms with Crippen LogP contribution in [0.1, 0.15) is 10.4 Å². The van der Waals surface area contributed by atoms with Gasteiger partial charge >= 0.3 is 0 Å². The van der Waals surface area contributed by atoms with Gasteiger partial charge in [-0.3, -0.25) is 14.9 Å². The average Bonchev–Trinajstić information content (AvgIpc) is 2.59. The van der Waals surface area contributed by atoms with E-state index in [9.17, 15) is 14.9 Å². The van der Waals surface area contributed by atoms with E-state index in [1.165, 1.54) is 24.3 Å². The van der Waals surface area contributed by atoms with Crippen LogP contribution in [0.2, 0.25) is 0 Å². The first-order chi connectivity index (χ1) is 11.1. The molecule has 0 saturated carbocycles. The summed E-state index contributed by atoms with van der Waals surface area (Å²) in [6.45, 7) is 0.576. The molecule has 0 unspecified atom stereocenters. The zero-order valence-corrected chi connectivity index (χ0v) is 12.5. The molecule has 2 aromatic rings. The number of hydrogen-bond donors (Lipinski definition) is 1. The highest BCUT2D eigenvalue weighted by molar-refractivity contribution is 5.94. The lowest BCUT2D eigenvalue weighted by Crippen LogP contribution is -2.28. The largest absolute Gasteiger partial charge is 0.493 e. The van der Waals surface area contributed by atoms with E-state index in [4.69, 9.17) is 9.47 Å². The molecule has 1 N–H and O–H groups in total. The number of amides is 1. The fourth-order valence-electron chi connectivity index (χ4n) is 1.90. The first-order valence-electron chi connectivity index (χ1n) is 6.90. The first-order valence-corrected chi connectivity index (χ1v) is 6.90. The molecule has 120 valence electrons. The number of hydrogen-bond acceptors (Lipinski definition) is 5. The van der Waals surface area contributed by atoms with Gasteiger partial charge in [-0.15, -0.1) is 0 Å². The van der Waals surface area contributed by atoms with Crippen molar-refractivity contribution in [3.05, 3.63) is 64.2 Å². The number of ether oxygens (including phenoxy) is 2. The Bertz CT molecular complexity index is 685. The van der Waals surface area contributed by atoms with Gasteiger partial charge < -0.3 is 14.8 Å². The van der Waals surface area contributed by atoms with Crippen LogP contribution in [-0.4, -0.2) is 31.1 Å². The monoisotopic (exact) mass is 316 g/mol. The number of nitro benzene ring substituents is 1. The summed E-state index contributed by atoms with van der Waals surface area (Å²) in [5.41, 5.74) is 0.300. The standard InChI is InChI=1S/C16H16N2O5/c1-22-14-4-2-3-5-15(14)23-11-10-17-16(19)12-6-8-13(9-7-12)18(20)21/h2-9H,10-11H2,1H3,(H,17,19). The first kappa shape index (κ1) is 16.3. The van der Waals surface area contributed by atoms with Gasteiger partial charge in [-0.1, -0.05) is 12.1 Å². The van der Waals surface area contributed by atoms with E-state index in [2.05, 4.69) is 5.32 Å². The van der Waals surface area contributed by atoms with Crippen LogP contribution in [0.5, 0.6) is 11.5 Å². The van der Waals surface area contributed by atoms with Crippen molar-refractivity contribution in [2.24, 2.45) is 0 Å². The second-order valence-corrected chi connectivity index (χ2v) is 4.56. The number of non-ortho nitro benzene ring substituents is 1. The van der Waals surface area contributed by atoms with Gasteiger partial charge in [-0.25, -0.2) is 0 Å². The van der Waals surface area contributed by atoms with Crippen LogP contribution < -0.4 is 14.8 Å². The molecule has 0 aliphatic carbocycles. The Morgan fingerprint density at radius 2 is 1.78 bits per heavy atom. The predicted octanol–water partition coefficient (Wildman–Crippen LogP) is 2.41. The third-order valence-corrected chi connectivity index (χ3v) is 3.05. The molecule has 7 heteroatoms. The fourth-order valence-corrected chi connectivity index (χ4v) is 1.90. The van der Waals surface area contributed by atoms with Crippen molar-refractivity contribution < 1.29 is 19.2 Å². The van der Waals surface area contributed by atoms with Crippen LogP contribution in [0.15, 0.2) is 48.5 Å². The lowest BCUT2D eigenvalue weighted by molar-refractivity contribution is -0.384. The van der Waals surface area contributed by atoms with Crippen molar-refractivity contribution in [1.82, 2.24) is 5.32 Å². The molecule has 0 spiro atoms. The van der Waals surface area contributed by atoms with Crippen molar-refractivity contribution in [3.63, 3.8) is 0 Å². The molecule has 0 fully saturated rings. The summed E-state index contributed by atoms with van der Waals surface area (Å²) in [6, 6.07) is 12.6. The van der Waals surface area contributed by atoms with Gasteiger partial charge in [0.05, 0.1) is 18.6 Å². The van der Waals surface area contributed by atoms with E-state index in [1.807, 2.05) is 12.1 Å². The summed E-state index contributed by atoms with van der Waals surface area (Å²) in [5.74, 6) is 0.900. The molecule has 1 amide bonds. The van der Waals surface area contributed by atoms with Crippen LogP contribution in [0.3, 0.4) is 0 Å². The quantitative estimate of drug-likeness (QED) is 0.481. The van der Waals surface area contributed by atoms with Crippen LogP contribution in [-0.2, 0) is 0 Å². The van der Waals surface area contributed by atoms with Crippen molar-refractivity contribution in [3.8, 4) is 11.5 Å². The number of para-hydroxylation sites is 2. The van der Waals surface area contributed by atoms with Crippen LogP contribution in [0, 0.1) is 10.1 Å². The molecular weight excluding hydrogens is 300 g/mol. The molecular formula is C16H16N2O5. The van der Waals surface area contributed by atoms with Crippen molar-refractivity contribution in [2.45, 2.75) is 0 Å². The summed E-state index contributed by atoms with van der Waals surface area (Å²) in [6.07, 6.45) is 0. The Labute approximate surface area is 133 Å². The highest BCUT2D eigenvalue weighted by atomic mass is 16.6. The van der Waals surface area contributed by atoms with Crippen molar-refractivity contribution in [2.75, 3.05) is 20.3 Å². The van der Waals surface area contributed by atoms with E-state index in [0.29, 0.717) is 23.6 Å². The predicted molar refractivity (Wildman–Crippen MR) is 83.9 cm³/mol. The summed E-state index contributed by atoms with van der Waals surface area (Å²) >= 11 is 0. The number of carbonyl (C=O) groups excluding carboxylic acids is 1. The van der Waals surface area contributed by atoms with E-state index in [-0.39, 0.29) is 18.2 Å². The second kappa shape index (κ2) is 7.79. The Balaban J connectivity index is 1.81. The van der Waals surface area contributed by atoms with E-state index < -0.39 is 4.92 Å². The van der Waals surface area contributed by atoms with Gasteiger partial charge in [0, 0.05) is 17.7 Å². The Morgan fingerprint density at radius 1 is 1.13 bits per heavy atom. The number of methoxy groups -OCH3 is 1.